The first-order valence-electron chi connectivity index (χ1n) is 9.62. The number of urea groups is 1. The van der Waals surface area contributed by atoms with Crippen LogP contribution in [0, 0.1) is 0 Å². The summed E-state index contributed by atoms with van der Waals surface area (Å²) < 4.78 is 46.2. The molecule has 10 heteroatoms. The number of para-hydroxylation sites is 1. The van der Waals surface area contributed by atoms with Crippen LogP contribution in [-0.4, -0.2) is 35.6 Å². The van der Waals surface area contributed by atoms with E-state index in [1.54, 1.807) is 18.2 Å². The maximum absolute atomic E-state index is 12.2. The highest BCUT2D eigenvalue weighted by Crippen LogP contribution is 2.27. The third-order valence-corrected chi connectivity index (χ3v) is 4.77. The first-order valence-corrected chi connectivity index (χ1v) is 9.62. The summed E-state index contributed by atoms with van der Waals surface area (Å²) in [6, 6.07) is 10.7. The van der Waals surface area contributed by atoms with Crippen LogP contribution in [0.2, 0.25) is 0 Å². The van der Waals surface area contributed by atoms with Gasteiger partial charge in [-0.1, -0.05) is 12.1 Å². The van der Waals surface area contributed by atoms with Gasteiger partial charge in [0.05, 0.1) is 6.10 Å². The molecule has 0 radical (unpaired) electrons. The number of hydrogen-bond acceptors (Lipinski definition) is 4. The Balaban J connectivity index is 1.44. The molecule has 1 saturated carbocycles. The fourth-order valence-electron chi connectivity index (χ4n) is 3.34. The number of rotatable bonds is 6. The lowest BCUT2D eigenvalue weighted by Gasteiger charge is -2.29. The first-order chi connectivity index (χ1) is 14.7. The van der Waals surface area contributed by atoms with Crippen LogP contribution in [0.4, 0.5) is 23.7 Å². The summed E-state index contributed by atoms with van der Waals surface area (Å²) in [5.41, 5.74) is 0.433. The Labute approximate surface area is 176 Å². The second-order valence-electron chi connectivity index (χ2n) is 7.06. The average Bonchev–Trinajstić information content (AvgIpc) is 2.70. The molecule has 0 unspecified atom stereocenters. The number of carboxylic acid groups (broad SMARTS) is 1. The molecule has 0 saturated heterocycles. The minimum absolute atomic E-state index is 0.0950. The van der Waals surface area contributed by atoms with Crippen LogP contribution in [0.5, 0.6) is 11.5 Å². The zero-order chi connectivity index (χ0) is 22.4. The maximum Gasteiger partial charge on any atom is 0.573 e. The van der Waals surface area contributed by atoms with Crippen LogP contribution in [0.15, 0.2) is 48.5 Å². The first kappa shape index (κ1) is 22.3. The topological polar surface area (TPSA) is 96.9 Å². The number of halogens is 3. The smallest absolute Gasteiger partial charge is 0.490 e. The highest BCUT2D eigenvalue weighted by atomic mass is 19.4. The van der Waals surface area contributed by atoms with Crippen molar-refractivity contribution in [3.63, 3.8) is 0 Å². The van der Waals surface area contributed by atoms with E-state index in [4.69, 9.17) is 4.74 Å². The van der Waals surface area contributed by atoms with Gasteiger partial charge in [-0.15, -0.1) is 13.2 Å². The molecule has 0 bridgehead atoms. The van der Waals surface area contributed by atoms with Crippen molar-refractivity contribution in [1.82, 2.24) is 5.32 Å². The van der Waals surface area contributed by atoms with Gasteiger partial charge < -0.3 is 25.2 Å². The van der Waals surface area contributed by atoms with Crippen LogP contribution in [-0.2, 0) is 0 Å². The zero-order valence-corrected chi connectivity index (χ0v) is 16.3. The van der Waals surface area contributed by atoms with Gasteiger partial charge in [-0.3, -0.25) is 0 Å². The zero-order valence-electron chi connectivity index (χ0n) is 16.3. The van der Waals surface area contributed by atoms with Gasteiger partial charge in [-0.2, -0.15) is 0 Å². The molecule has 2 amide bonds. The molecule has 7 nitrogen and oxygen atoms in total. The number of ether oxygens (including phenoxy) is 2. The standard InChI is InChI=1S/C21H21F3N2O5/c22-21(23,24)31-16-11-7-14(8-12-16)26-20(29)25-13-5-9-15(10-6-13)30-18-4-2-1-3-17(18)19(27)28/h1-4,7-8,11-13,15H,5-6,9-10H2,(H,27,28)(H2,25,26,29). The predicted molar refractivity (Wildman–Crippen MR) is 105 cm³/mol. The van der Waals surface area contributed by atoms with Gasteiger partial charge in [-0.25, -0.2) is 9.59 Å². The molecule has 1 aliphatic rings. The Morgan fingerprint density at radius 3 is 2.23 bits per heavy atom. The number of alkyl halides is 3. The van der Waals surface area contributed by atoms with Crippen LogP contribution in [0.1, 0.15) is 36.0 Å². The van der Waals surface area contributed by atoms with Crippen LogP contribution in [0.25, 0.3) is 0 Å². The predicted octanol–water partition coefficient (Wildman–Crippen LogP) is 4.80. The van der Waals surface area contributed by atoms with Gasteiger partial charge in [0.25, 0.3) is 0 Å². The quantitative estimate of drug-likeness (QED) is 0.602. The molecule has 2 aromatic rings. The number of carbonyl (C=O) groups excluding carboxylic acids is 1. The molecule has 0 aliphatic heterocycles. The molecule has 0 spiro atoms. The number of aromatic carboxylic acids is 1. The van der Waals surface area contributed by atoms with E-state index in [-0.39, 0.29) is 23.5 Å². The summed E-state index contributed by atoms with van der Waals surface area (Å²) in [6.45, 7) is 0. The van der Waals surface area contributed by atoms with E-state index in [1.807, 2.05) is 0 Å². The number of amides is 2. The van der Waals surface area contributed by atoms with Gasteiger partial charge >= 0.3 is 18.4 Å². The third kappa shape index (κ3) is 6.80. The van der Waals surface area contributed by atoms with Gasteiger partial charge in [0.15, 0.2) is 0 Å². The Morgan fingerprint density at radius 2 is 1.61 bits per heavy atom. The Kier molecular flexibility index (Phi) is 6.88. The van der Waals surface area contributed by atoms with Gasteiger partial charge in [-0.05, 0) is 62.1 Å². The molecule has 2 aromatic carbocycles. The van der Waals surface area contributed by atoms with Gasteiger partial charge in [0.1, 0.15) is 17.1 Å². The number of hydrogen-bond donors (Lipinski definition) is 3. The molecule has 3 N–H and O–H groups in total. The van der Waals surface area contributed by atoms with Crippen molar-refractivity contribution < 1.29 is 37.3 Å². The summed E-state index contributed by atoms with van der Waals surface area (Å²) in [7, 11) is 0. The fraction of sp³-hybridized carbons (Fsp3) is 0.333. The molecule has 3 rings (SSSR count). The molecule has 166 valence electrons. The van der Waals surface area contributed by atoms with E-state index >= 15 is 0 Å². The van der Waals surface area contributed by atoms with Crippen molar-refractivity contribution in [2.24, 2.45) is 0 Å². The van der Waals surface area contributed by atoms with Crippen molar-refractivity contribution in [1.29, 1.82) is 0 Å². The highest BCUT2D eigenvalue weighted by Gasteiger charge is 2.31. The SMILES string of the molecule is O=C(Nc1ccc(OC(F)(F)F)cc1)NC1CCC(Oc2ccccc2C(=O)O)CC1. The van der Waals surface area contributed by atoms with Gasteiger partial charge in [0, 0.05) is 11.7 Å². The molecular weight excluding hydrogens is 417 g/mol. The van der Waals surface area contributed by atoms with Crippen LogP contribution >= 0.6 is 0 Å². The van der Waals surface area contributed by atoms with E-state index in [0.29, 0.717) is 37.1 Å². The van der Waals surface area contributed by atoms with Crippen molar-refractivity contribution in [3.05, 3.63) is 54.1 Å². The normalized spacial score (nSPS) is 18.7. The summed E-state index contributed by atoms with van der Waals surface area (Å²) in [4.78, 5) is 23.4. The molecule has 1 fully saturated rings. The summed E-state index contributed by atoms with van der Waals surface area (Å²) in [5.74, 6) is -1.11. The minimum Gasteiger partial charge on any atom is -0.490 e. The lowest BCUT2D eigenvalue weighted by atomic mass is 9.93. The minimum atomic E-state index is -4.77. The Hall–Kier alpha value is -3.43. The molecule has 0 atom stereocenters. The van der Waals surface area contributed by atoms with Crippen molar-refractivity contribution in [2.45, 2.75) is 44.2 Å². The van der Waals surface area contributed by atoms with Crippen molar-refractivity contribution >= 4 is 17.7 Å². The van der Waals surface area contributed by atoms with Crippen LogP contribution < -0.4 is 20.1 Å². The largest absolute Gasteiger partial charge is 0.573 e. The highest BCUT2D eigenvalue weighted by molar-refractivity contribution is 5.91. The number of anilines is 1. The second-order valence-corrected chi connectivity index (χ2v) is 7.06. The average molecular weight is 438 g/mol. The van der Waals surface area contributed by atoms with Crippen LogP contribution in [0.3, 0.4) is 0 Å². The lowest BCUT2D eigenvalue weighted by Crippen LogP contribution is -2.41. The maximum atomic E-state index is 12.2. The van der Waals surface area contributed by atoms with Crippen molar-refractivity contribution in [3.8, 4) is 11.5 Å². The van der Waals surface area contributed by atoms with E-state index in [0.717, 1.165) is 12.1 Å². The van der Waals surface area contributed by atoms with E-state index in [1.165, 1.54) is 18.2 Å². The Morgan fingerprint density at radius 1 is 0.968 bits per heavy atom. The number of nitrogens with one attached hydrogen (secondary N) is 2. The monoisotopic (exact) mass is 438 g/mol. The lowest BCUT2D eigenvalue weighted by molar-refractivity contribution is -0.274. The molecule has 0 heterocycles. The number of carbonyl (C=O) groups is 2. The number of benzene rings is 2. The van der Waals surface area contributed by atoms with Crippen molar-refractivity contribution in [2.75, 3.05) is 5.32 Å². The summed E-state index contributed by atoms with van der Waals surface area (Å²) in [5, 5.41) is 14.6. The van der Waals surface area contributed by atoms with Gasteiger partial charge in [0.2, 0.25) is 0 Å². The third-order valence-electron chi connectivity index (χ3n) is 4.77. The summed E-state index contributed by atoms with van der Waals surface area (Å²) >= 11 is 0. The molecular formula is C21H21F3N2O5. The fourth-order valence-corrected chi connectivity index (χ4v) is 3.34. The Bertz CT molecular complexity index is 910. The summed E-state index contributed by atoms with van der Waals surface area (Å²) in [6.07, 6.45) is -2.35. The number of carboxylic acids is 1. The molecule has 0 aromatic heterocycles. The van der Waals surface area contributed by atoms with E-state index in [2.05, 4.69) is 15.4 Å². The molecule has 1 aliphatic carbocycles. The van der Waals surface area contributed by atoms with E-state index in [9.17, 15) is 27.9 Å². The molecule has 31 heavy (non-hydrogen) atoms. The second kappa shape index (κ2) is 9.59. The van der Waals surface area contributed by atoms with E-state index < -0.39 is 18.4 Å².